The summed E-state index contributed by atoms with van der Waals surface area (Å²) in [5.41, 5.74) is 1.48. The van der Waals surface area contributed by atoms with Crippen molar-refractivity contribution in [2.24, 2.45) is 0 Å². The van der Waals surface area contributed by atoms with E-state index in [1.807, 2.05) is 40.7 Å². The van der Waals surface area contributed by atoms with Crippen molar-refractivity contribution in [3.05, 3.63) is 29.8 Å². The molecular formula is C19H28N6O2. The number of nitrogens with zero attached hydrogens (tertiary/aromatic N) is 6. The van der Waals surface area contributed by atoms with Crippen LogP contribution in [0.4, 0.5) is 10.6 Å². The number of amides is 1. The van der Waals surface area contributed by atoms with Crippen LogP contribution in [0.25, 0.3) is 5.82 Å². The van der Waals surface area contributed by atoms with Crippen molar-refractivity contribution >= 4 is 11.9 Å². The predicted octanol–water partition coefficient (Wildman–Crippen LogP) is 2.73. The van der Waals surface area contributed by atoms with E-state index >= 15 is 0 Å². The second kappa shape index (κ2) is 7.54. The Kier molecular flexibility index (Phi) is 5.34. The monoisotopic (exact) mass is 372 g/mol. The summed E-state index contributed by atoms with van der Waals surface area (Å²) in [4.78, 5) is 25.4. The molecule has 0 aromatic carbocycles. The van der Waals surface area contributed by atoms with Gasteiger partial charge in [-0.25, -0.2) is 14.5 Å². The van der Waals surface area contributed by atoms with Crippen LogP contribution in [0.15, 0.2) is 18.5 Å². The Hall–Kier alpha value is -2.64. The number of aromatic nitrogens is 4. The zero-order chi connectivity index (χ0) is 19.6. The maximum absolute atomic E-state index is 12.3. The third-order valence-electron chi connectivity index (χ3n) is 4.31. The first-order valence-corrected chi connectivity index (χ1v) is 9.31. The normalized spacial score (nSPS) is 15.6. The quantitative estimate of drug-likeness (QED) is 0.807. The summed E-state index contributed by atoms with van der Waals surface area (Å²) >= 11 is 0. The fourth-order valence-electron chi connectivity index (χ4n) is 3.12. The number of rotatable bonds is 2. The lowest BCUT2D eigenvalue weighted by Crippen LogP contribution is -2.39. The summed E-state index contributed by atoms with van der Waals surface area (Å²) in [5, 5.41) is 4.48. The first kappa shape index (κ1) is 19.1. The van der Waals surface area contributed by atoms with Crippen molar-refractivity contribution in [3.8, 4) is 5.82 Å². The van der Waals surface area contributed by atoms with Gasteiger partial charge in [-0.15, -0.1) is 0 Å². The van der Waals surface area contributed by atoms with Crippen molar-refractivity contribution < 1.29 is 9.53 Å². The molecule has 1 aliphatic heterocycles. The zero-order valence-electron chi connectivity index (χ0n) is 16.8. The Balaban J connectivity index is 1.72. The number of aryl methyl sites for hydroxylation is 2. The summed E-state index contributed by atoms with van der Waals surface area (Å²) in [7, 11) is 0. The molecule has 27 heavy (non-hydrogen) atoms. The van der Waals surface area contributed by atoms with Crippen LogP contribution >= 0.6 is 0 Å². The molecule has 1 saturated heterocycles. The van der Waals surface area contributed by atoms with Gasteiger partial charge in [0.15, 0.2) is 5.82 Å². The average molecular weight is 372 g/mol. The minimum absolute atomic E-state index is 0.258. The van der Waals surface area contributed by atoms with E-state index < -0.39 is 5.60 Å². The highest BCUT2D eigenvalue weighted by Gasteiger charge is 2.25. The molecule has 0 spiro atoms. The van der Waals surface area contributed by atoms with Crippen LogP contribution in [-0.2, 0) is 4.74 Å². The Bertz CT molecular complexity index is 811. The molecule has 2 aromatic heterocycles. The molecule has 0 N–H and O–H groups in total. The van der Waals surface area contributed by atoms with Gasteiger partial charge in [0.25, 0.3) is 0 Å². The molecule has 2 aromatic rings. The molecule has 3 rings (SSSR count). The molecule has 0 aliphatic carbocycles. The van der Waals surface area contributed by atoms with Gasteiger partial charge in [0, 0.05) is 31.9 Å². The lowest BCUT2D eigenvalue weighted by molar-refractivity contribution is 0.0263. The van der Waals surface area contributed by atoms with Crippen LogP contribution in [0.3, 0.4) is 0 Å². The lowest BCUT2D eigenvalue weighted by Gasteiger charge is -2.26. The van der Waals surface area contributed by atoms with Gasteiger partial charge in [-0.1, -0.05) is 0 Å². The minimum Gasteiger partial charge on any atom is -0.444 e. The van der Waals surface area contributed by atoms with Crippen molar-refractivity contribution in [2.45, 2.75) is 46.6 Å². The number of ether oxygens (including phenoxy) is 1. The minimum atomic E-state index is -0.483. The largest absolute Gasteiger partial charge is 0.444 e. The van der Waals surface area contributed by atoms with Crippen LogP contribution < -0.4 is 4.90 Å². The van der Waals surface area contributed by atoms with Crippen LogP contribution in [-0.4, -0.2) is 62.5 Å². The molecule has 0 unspecified atom stereocenters. The van der Waals surface area contributed by atoms with E-state index in [1.165, 1.54) is 0 Å². The topological polar surface area (TPSA) is 76.4 Å². The van der Waals surface area contributed by atoms with Crippen molar-refractivity contribution in [3.63, 3.8) is 0 Å². The van der Waals surface area contributed by atoms with E-state index in [0.29, 0.717) is 25.5 Å². The first-order valence-electron chi connectivity index (χ1n) is 9.31. The van der Waals surface area contributed by atoms with Gasteiger partial charge in [0.2, 0.25) is 0 Å². The fourth-order valence-corrected chi connectivity index (χ4v) is 3.12. The van der Waals surface area contributed by atoms with E-state index in [1.54, 1.807) is 22.0 Å². The van der Waals surface area contributed by atoms with Gasteiger partial charge in [-0.05, 0) is 47.1 Å². The molecule has 3 heterocycles. The Labute approximate surface area is 160 Å². The third kappa shape index (κ3) is 4.75. The SMILES string of the molecule is Cc1cc(C)n(-c2cncc(N3CCCN(C(=O)OC(C)(C)C)CC3)n2)n1. The Morgan fingerprint density at radius 2 is 1.81 bits per heavy atom. The van der Waals surface area contributed by atoms with Crippen LogP contribution in [0, 0.1) is 13.8 Å². The second-order valence-corrected chi connectivity index (χ2v) is 7.88. The van der Waals surface area contributed by atoms with E-state index in [9.17, 15) is 4.79 Å². The smallest absolute Gasteiger partial charge is 0.410 e. The standard InChI is InChI=1S/C19H28N6O2/c1-14-11-15(2)25(22-14)17-13-20-12-16(21-17)23-7-6-8-24(10-9-23)18(26)27-19(3,4)5/h11-13H,6-10H2,1-5H3. The molecule has 0 bridgehead atoms. The van der Waals surface area contributed by atoms with Crippen molar-refractivity contribution in [1.82, 2.24) is 24.6 Å². The molecule has 0 saturated carbocycles. The predicted molar refractivity (Wildman–Crippen MR) is 103 cm³/mol. The van der Waals surface area contributed by atoms with Gasteiger partial charge >= 0.3 is 6.09 Å². The molecule has 0 radical (unpaired) electrons. The van der Waals surface area contributed by atoms with E-state index in [2.05, 4.69) is 15.0 Å². The summed E-state index contributed by atoms with van der Waals surface area (Å²) in [5.74, 6) is 1.50. The molecule has 8 heteroatoms. The molecule has 1 fully saturated rings. The highest BCUT2D eigenvalue weighted by molar-refractivity contribution is 5.68. The third-order valence-corrected chi connectivity index (χ3v) is 4.31. The van der Waals surface area contributed by atoms with Crippen LogP contribution in [0.2, 0.25) is 0 Å². The number of carbonyl (C=O) groups excluding carboxylic acids is 1. The second-order valence-electron chi connectivity index (χ2n) is 7.88. The van der Waals surface area contributed by atoms with Gasteiger partial charge in [-0.3, -0.25) is 4.98 Å². The maximum Gasteiger partial charge on any atom is 0.410 e. The molecular weight excluding hydrogens is 344 g/mol. The van der Waals surface area contributed by atoms with E-state index in [-0.39, 0.29) is 6.09 Å². The number of anilines is 1. The van der Waals surface area contributed by atoms with Gasteiger partial charge in [0.1, 0.15) is 11.4 Å². The molecule has 146 valence electrons. The fraction of sp³-hybridized carbons (Fsp3) is 0.579. The number of hydrogen-bond acceptors (Lipinski definition) is 6. The van der Waals surface area contributed by atoms with E-state index in [0.717, 1.165) is 30.2 Å². The summed E-state index contributed by atoms with van der Waals surface area (Å²) in [6.07, 6.45) is 4.07. The first-order chi connectivity index (χ1) is 12.7. The summed E-state index contributed by atoms with van der Waals surface area (Å²) < 4.78 is 7.30. The maximum atomic E-state index is 12.3. The molecule has 0 atom stereocenters. The van der Waals surface area contributed by atoms with Gasteiger partial charge in [0.05, 0.1) is 18.1 Å². The summed E-state index contributed by atoms with van der Waals surface area (Å²) in [6.45, 7) is 12.4. The average Bonchev–Trinajstić information content (AvgIpc) is 2.80. The Morgan fingerprint density at radius 3 is 2.48 bits per heavy atom. The Morgan fingerprint density at radius 1 is 1.07 bits per heavy atom. The van der Waals surface area contributed by atoms with Gasteiger partial charge in [-0.2, -0.15) is 5.10 Å². The lowest BCUT2D eigenvalue weighted by atomic mass is 10.2. The van der Waals surface area contributed by atoms with Crippen LogP contribution in [0.5, 0.6) is 0 Å². The number of carbonyl (C=O) groups is 1. The molecule has 1 aliphatic rings. The zero-order valence-corrected chi connectivity index (χ0v) is 16.8. The number of hydrogen-bond donors (Lipinski definition) is 0. The summed E-state index contributed by atoms with van der Waals surface area (Å²) in [6, 6.07) is 2.01. The van der Waals surface area contributed by atoms with Gasteiger partial charge < -0.3 is 14.5 Å². The molecule has 8 nitrogen and oxygen atoms in total. The van der Waals surface area contributed by atoms with E-state index in [4.69, 9.17) is 9.72 Å². The van der Waals surface area contributed by atoms with Crippen LogP contribution in [0.1, 0.15) is 38.6 Å². The van der Waals surface area contributed by atoms with Crippen molar-refractivity contribution in [1.29, 1.82) is 0 Å². The highest BCUT2D eigenvalue weighted by Crippen LogP contribution is 2.17. The van der Waals surface area contributed by atoms with Crippen molar-refractivity contribution in [2.75, 3.05) is 31.1 Å². The molecule has 1 amide bonds. The highest BCUT2D eigenvalue weighted by atomic mass is 16.6.